The molecule has 0 aromatic heterocycles. The van der Waals surface area contributed by atoms with Gasteiger partial charge in [-0.05, 0) is 18.9 Å². The first-order chi connectivity index (χ1) is 8.30. The largest absolute Gasteiger partial charge is 0.325 e. The minimum absolute atomic E-state index is 0.166. The van der Waals surface area contributed by atoms with Crippen molar-refractivity contribution in [3.8, 4) is 0 Å². The number of carbonyl (C=O) groups is 2. The van der Waals surface area contributed by atoms with E-state index in [0.717, 1.165) is 5.57 Å². The Labute approximate surface area is 109 Å². The Morgan fingerprint density at radius 2 is 2.11 bits per heavy atom. The van der Waals surface area contributed by atoms with Crippen LogP contribution in [-0.4, -0.2) is 41.5 Å². The molecule has 1 saturated heterocycles. The first-order valence-corrected chi connectivity index (χ1v) is 6.34. The molecule has 102 valence electrons. The summed E-state index contributed by atoms with van der Waals surface area (Å²) in [5.74, 6) is -0.166. The molecular formula is C13H23N3O2. The van der Waals surface area contributed by atoms with E-state index >= 15 is 0 Å². The summed E-state index contributed by atoms with van der Waals surface area (Å²) in [6, 6.07) is 0.0285. The quantitative estimate of drug-likeness (QED) is 0.553. The smallest absolute Gasteiger partial charge is 0.323 e. The topological polar surface area (TPSA) is 61.4 Å². The average molecular weight is 253 g/mol. The monoisotopic (exact) mass is 253 g/mol. The van der Waals surface area contributed by atoms with Crippen LogP contribution in [0.15, 0.2) is 12.2 Å². The Morgan fingerprint density at radius 1 is 1.50 bits per heavy atom. The lowest BCUT2D eigenvalue weighted by molar-refractivity contribution is -0.130. The molecule has 0 radical (unpaired) electrons. The van der Waals surface area contributed by atoms with Gasteiger partial charge in [0, 0.05) is 12.6 Å². The highest BCUT2D eigenvalue weighted by atomic mass is 16.2. The summed E-state index contributed by atoms with van der Waals surface area (Å²) in [6.45, 7) is 12.5. The minimum Gasteiger partial charge on any atom is -0.323 e. The zero-order chi connectivity index (χ0) is 13.9. The first-order valence-electron chi connectivity index (χ1n) is 6.34. The van der Waals surface area contributed by atoms with E-state index in [0.29, 0.717) is 19.0 Å². The zero-order valence-corrected chi connectivity index (χ0v) is 11.7. The average Bonchev–Trinajstić information content (AvgIpc) is 2.51. The fourth-order valence-electron chi connectivity index (χ4n) is 1.76. The van der Waals surface area contributed by atoms with E-state index in [1.165, 1.54) is 4.90 Å². The molecule has 5 heteroatoms. The van der Waals surface area contributed by atoms with Crippen LogP contribution in [0.1, 0.15) is 34.1 Å². The van der Waals surface area contributed by atoms with Crippen molar-refractivity contribution in [1.29, 1.82) is 0 Å². The lowest BCUT2D eigenvalue weighted by atomic mass is 9.99. The summed E-state index contributed by atoms with van der Waals surface area (Å²) in [6.07, 6.45) is 0.588. The molecule has 1 rings (SSSR count). The summed E-state index contributed by atoms with van der Waals surface area (Å²) in [4.78, 5) is 25.1. The summed E-state index contributed by atoms with van der Waals surface area (Å²) in [5.41, 5.74) is 0.0654. The molecule has 0 saturated carbocycles. The Balaban J connectivity index is 2.60. The van der Waals surface area contributed by atoms with Crippen LogP contribution in [0.3, 0.4) is 0 Å². The predicted octanol–water partition coefficient (Wildman–Crippen LogP) is 1.26. The maximum absolute atomic E-state index is 12.1. The first kappa shape index (κ1) is 14.7. The molecule has 1 fully saturated rings. The Kier molecular flexibility index (Phi) is 4.51. The van der Waals surface area contributed by atoms with Gasteiger partial charge >= 0.3 is 6.03 Å². The van der Waals surface area contributed by atoms with E-state index in [1.54, 1.807) is 6.92 Å². The van der Waals surface area contributed by atoms with Crippen LogP contribution in [0, 0.1) is 0 Å². The van der Waals surface area contributed by atoms with Gasteiger partial charge in [-0.15, -0.1) is 0 Å². The maximum atomic E-state index is 12.1. The lowest BCUT2D eigenvalue weighted by Gasteiger charge is -2.20. The van der Waals surface area contributed by atoms with Crippen molar-refractivity contribution in [3.63, 3.8) is 0 Å². The molecule has 1 heterocycles. The third-order valence-electron chi connectivity index (χ3n) is 3.19. The molecule has 1 unspecified atom stereocenters. The van der Waals surface area contributed by atoms with Crippen molar-refractivity contribution in [3.05, 3.63) is 12.2 Å². The number of imide groups is 1. The Morgan fingerprint density at radius 3 is 2.56 bits per heavy atom. The van der Waals surface area contributed by atoms with Gasteiger partial charge in [0.2, 0.25) is 0 Å². The zero-order valence-electron chi connectivity index (χ0n) is 11.7. The van der Waals surface area contributed by atoms with E-state index in [4.69, 9.17) is 0 Å². The second-order valence-electron chi connectivity index (χ2n) is 5.29. The Bertz CT molecular complexity index is 365. The molecule has 1 aliphatic rings. The van der Waals surface area contributed by atoms with Gasteiger partial charge < -0.3 is 10.6 Å². The Hall–Kier alpha value is -1.36. The number of rotatable bonds is 6. The molecule has 3 amide bonds. The van der Waals surface area contributed by atoms with Gasteiger partial charge in [0.15, 0.2) is 0 Å². The van der Waals surface area contributed by atoms with Gasteiger partial charge in [-0.1, -0.05) is 27.4 Å². The van der Waals surface area contributed by atoms with E-state index in [2.05, 4.69) is 17.2 Å². The van der Waals surface area contributed by atoms with E-state index in [1.807, 2.05) is 20.8 Å². The van der Waals surface area contributed by atoms with Crippen LogP contribution in [0.25, 0.3) is 0 Å². The fraction of sp³-hybridized carbons (Fsp3) is 0.692. The van der Waals surface area contributed by atoms with Gasteiger partial charge in [-0.2, -0.15) is 0 Å². The molecule has 0 aromatic carbocycles. The normalized spacial score (nSPS) is 23.7. The molecule has 0 spiro atoms. The number of hydrogen-bond donors (Lipinski definition) is 2. The van der Waals surface area contributed by atoms with Crippen molar-refractivity contribution in [1.82, 2.24) is 15.5 Å². The molecule has 0 aliphatic carbocycles. The predicted molar refractivity (Wildman–Crippen MR) is 71.2 cm³/mol. The third kappa shape index (κ3) is 3.10. The SMILES string of the molecule is C=C(CNC(C)C)CN1C(=O)NC(C)(CC)C1=O. The van der Waals surface area contributed by atoms with Crippen LogP contribution in [0.5, 0.6) is 0 Å². The van der Waals surface area contributed by atoms with Gasteiger partial charge in [0.05, 0.1) is 6.54 Å². The lowest BCUT2D eigenvalue weighted by Crippen LogP contribution is -2.43. The highest BCUT2D eigenvalue weighted by Crippen LogP contribution is 2.21. The summed E-state index contributed by atoms with van der Waals surface area (Å²) in [5, 5.41) is 5.94. The van der Waals surface area contributed by atoms with E-state index < -0.39 is 5.54 Å². The van der Waals surface area contributed by atoms with Crippen LogP contribution in [0.2, 0.25) is 0 Å². The number of nitrogens with zero attached hydrogens (tertiary/aromatic N) is 1. The summed E-state index contributed by atoms with van der Waals surface area (Å²) in [7, 11) is 0. The molecule has 0 aromatic rings. The third-order valence-corrected chi connectivity index (χ3v) is 3.19. The van der Waals surface area contributed by atoms with Crippen LogP contribution >= 0.6 is 0 Å². The summed E-state index contributed by atoms with van der Waals surface area (Å²) < 4.78 is 0. The molecule has 18 heavy (non-hydrogen) atoms. The molecule has 1 atom stereocenters. The van der Waals surface area contributed by atoms with Crippen LogP contribution in [0.4, 0.5) is 4.79 Å². The van der Waals surface area contributed by atoms with Crippen molar-refractivity contribution in [2.75, 3.05) is 13.1 Å². The fourth-order valence-corrected chi connectivity index (χ4v) is 1.76. The van der Waals surface area contributed by atoms with Crippen molar-refractivity contribution in [2.45, 2.75) is 45.7 Å². The number of carbonyl (C=O) groups excluding carboxylic acids is 2. The number of amides is 3. The van der Waals surface area contributed by atoms with Crippen molar-refractivity contribution < 1.29 is 9.59 Å². The molecule has 2 N–H and O–H groups in total. The second kappa shape index (κ2) is 5.52. The van der Waals surface area contributed by atoms with Crippen LogP contribution in [-0.2, 0) is 4.79 Å². The maximum Gasteiger partial charge on any atom is 0.325 e. The number of nitrogens with one attached hydrogen (secondary N) is 2. The van der Waals surface area contributed by atoms with E-state index in [-0.39, 0.29) is 18.5 Å². The second-order valence-corrected chi connectivity index (χ2v) is 5.29. The minimum atomic E-state index is -0.761. The van der Waals surface area contributed by atoms with Gasteiger partial charge in [-0.25, -0.2) is 4.79 Å². The standard InChI is InChI=1S/C13H23N3O2/c1-6-13(5)11(17)16(12(18)15-13)8-10(4)7-14-9(2)3/h9,14H,4,6-8H2,1-3,5H3,(H,15,18). The number of hydrogen-bond acceptors (Lipinski definition) is 3. The molecular weight excluding hydrogens is 230 g/mol. The van der Waals surface area contributed by atoms with Gasteiger partial charge in [0.25, 0.3) is 5.91 Å². The van der Waals surface area contributed by atoms with Gasteiger partial charge in [-0.3, -0.25) is 9.69 Å². The molecule has 0 bridgehead atoms. The summed E-state index contributed by atoms with van der Waals surface area (Å²) >= 11 is 0. The van der Waals surface area contributed by atoms with Crippen molar-refractivity contribution >= 4 is 11.9 Å². The van der Waals surface area contributed by atoms with E-state index in [9.17, 15) is 9.59 Å². The van der Waals surface area contributed by atoms with Crippen molar-refractivity contribution in [2.24, 2.45) is 0 Å². The molecule has 5 nitrogen and oxygen atoms in total. The van der Waals surface area contributed by atoms with Gasteiger partial charge in [0.1, 0.15) is 5.54 Å². The highest BCUT2D eigenvalue weighted by molar-refractivity contribution is 6.06. The van der Waals surface area contributed by atoms with Crippen LogP contribution < -0.4 is 10.6 Å². The molecule has 1 aliphatic heterocycles. The number of urea groups is 1. The highest BCUT2D eigenvalue weighted by Gasteiger charge is 2.46.